The van der Waals surface area contributed by atoms with E-state index in [1.54, 1.807) is 18.2 Å². The molecule has 1 atom stereocenters. The van der Waals surface area contributed by atoms with Crippen LogP contribution in [0.15, 0.2) is 18.2 Å². The minimum absolute atomic E-state index is 0.142. The Morgan fingerprint density at radius 3 is 2.55 bits per heavy atom. The van der Waals surface area contributed by atoms with Gasteiger partial charge in [0.05, 0.1) is 12.7 Å². The molecule has 20 heavy (non-hydrogen) atoms. The Hall–Kier alpha value is -1.01. The fraction of sp³-hybridized carbons (Fsp3) is 0.462. The summed E-state index contributed by atoms with van der Waals surface area (Å²) in [5, 5.41) is 15.7. The molecule has 5 nitrogen and oxygen atoms in total. The van der Waals surface area contributed by atoms with Crippen LogP contribution in [0.5, 0.6) is 0 Å². The van der Waals surface area contributed by atoms with Crippen molar-refractivity contribution in [1.29, 1.82) is 0 Å². The van der Waals surface area contributed by atoms with Gasteiger partial charge in [-0.15, -0.1) is 0 Å². The number of amides is 2. The molecule has 0 saturated carbocycles. The predicted octanol–water partition coefficient (Wildman–Crippen LogP) is 1.84. The average molecular weight is 321 g/mol. The smallest absolute Gasteiger partial charge is 0.314 e. The molecule has 3 N–H and O–H groups in total. The maximum absolute atomic E-state index is 11.4. The van der Waals surface area contributed by atoms with Gasteiger partial charge in [-0.25, -0.2) is 4.79 Å². The van der Waals surface area contributed by atoms with E-state index in [1.807, 2.05) is 0 Å². The zero-order valence-electron chi connectivity index (χ0n) is 11.2. The lowest BCUT2D eigenvalue weighted by molar-refractivity contribution is 0.0660. The first-order valence-corrected chi connectivity index (χ1v) is 6.90. The Bertz CT molecular complexity index is 423. The van der Waals surface area contributed by atoms with Gasteiger partial charge >= 0.3 is 6.03 Å². The summed E-state index contributed by atoms with van der Waals surface area (Å²) in [6.07, 6.45) is -0.0913. The summed E-state index contributed by atoms with van der Waals surface area (Å²) in [7, 11) is 1.49. The van der Waals surface area contributed by atoms with Crippen molar-refractivity contribution in [1.82, 2.24) is 10.6 Å². The van der Waals surface area contributed by atoms with Crippen molar-refractivity contribution < 1.29 is 14.6 Å². The van der Waals surface area contributed by atoms with Crippen LogP contribution in [0, 0.1) is 0 Å². The highest BCUT2D eigenvalue weighted by molar-refractivity contribution is 6.34. The number of aliphatic hydroxyl groups is 1. The molecule has 112 valence electrons. The highest BCUT2D eigenvalue weighted by Gasteiger charge is 2.06. The molecule has 0 radical (unpaired) electrons. The van der Waals surface area contributed by atoms with Gasteiger partial charge in [0.25, 0.3) is 0 Å². The van der Waals surface area contributed by atoms with Crippen LogP contribution in [0.25, 0.3) is 0 Å². The number of carbonyl (C=O) groups excluding carboxylic acids is 1. The molecule has 0 aliphatic rings. The lowest BCUT2D eigenvalue weighted by Crippen LogP contribution is -2.41. The molecule has 0 aromatic heterocycles. The molecule has 0 saturated heterocycles. The molecule has 1 aromatic rings. The van der Waals surface area contributed by atoms with Crippen LogP contribution in [0.2, 0.25) is 10.0 Å². The summed E-state index contributed by atoms with van der Waals surface area (Å²) >= 11 is 11.8. The second-order valence-electron chi connectivity index (χ2n) is 4.27. The summed E-state index contributed by atoms with van der Waals surface area (Å²) in [5.74, 6) is 0. The van der Waals surface area contributed by atoms with E-state index in [4.69, 9.17) is 27.9 Å². The number of aliphatic hydroxyl groups excluding tert-OH is 1. The summed E-state index contributed by atoms with van der Waals surface area (Å²) in [5.41, 5.74) is 0.946. The zero-order chi connectivity index (χ0) is 15.0. The van der Waals surface area contributed by atoms with Gasteiger partial charge in [0, 0.05) is 30.2 Å². The highest BCUT2D eigenvalue weighted by atomic mass is 35.5. The number of rotatable bonds is 7. The summed E-state index contributed by atoms with van der Waals surface area (Å²) in [4.78, 5) is 11.4. The Morgan fingerprint density at radius 2 is 1.95 bits per heavy atom. The van der Waals surface area contributed by atoms with Crippen LogP contribution >= 0.6 is 23.2 Å². The van der Waals surface area contributed by atoms with Crippen LogP contribution in [0.3, 0.4) is 0 Å². The number of methoxy groups -OCH3 is 1. The van der Waals surface area contributed by atoms with Crippen LogP contribution in [-0.4, -0.2) is 44.0 Å². The van der Waals surface area contributed by atoms with Gasteiger partial charge in [-0.05, 0) is 30.2 Å². The fourth-order valence-corrected chi connectivity index (χ4v) is 2.17. The molecule has 0 aliphatic heterocycles. The Kier molecular flexibility index (Phi) is 7.69. The van der Waals surface area contributed by atoms with Crippen LogP contribution in [0.4, 0.5) is 4.79 Å². The molecule has 1 aromatic carbocycles. The van der Waals surface area contributed by atoms with Crippen molar-refractivity contribution in [3.63, 3.8) is 0 Å². The summed E-state index contributed by atoms with van der Waals surface area (Å²) in [6.45, 7) is 0.771. The van der Waals surface area contributed by atoms with E-state index in [0.29, 0.717) is 23.0 Å². The lowest BCUT2D eigenvalue weighted by atomic mass is 10.1. The van der Waals surface area contributed by atoms with Crippen molar-refractivity contribution in [3.8, 4) is 0 Å². The number of ether oxygens (including phenoxy) is 1. The topological polar surface area (TPSA) is 70.6 Å². The number of halogens is 2. The Balaban J connectivity index is 2.24. The quantitative estimate of drug-likeness (QED) is 0.718. The number of carbonyl (C=O) groups is 1. The summed E-state index contributed by atoms with van der Waals surface area (Å²) in [6, 6.07) is 4.92. The van der Waals surface area contributed by atoms with Gasteiger partial charge in [0.2, 0.25) is 0 Å². The lowest BCUT2D eigenvalue weighted by Gasteiger charge is -2.11. The molecular formula is C13H18Cl2N2O3. The number of urea groups is 1. The van der Waals surface area contributed by atoms with Crippen molar-refractivity contribution in [2.24, 2.45) is 0 Å². The number of hydrogen-bond acceptors (Lipinski definition) is 3. The van der Waals surface area contributed by atoms with Gasteiger partial charge in [-0.2, -0.15) is 0 Å². The van der Waals surface area contributed by atoms with Crippen LogP contribution < -0.4 is 10.6 Å². The summed E-state index contributed by atoms with van der Waals surface area (Å²) < 4.78 is 4.75. The van der Waals surface area contributed by atoms with Crippen LogP contribution in [0.1, 0.15) is 5.56 Å². The Morgan fingerprint density at radius 1 is 1.30 bits per heavy atom. The largest absolute Gasteiger partial charge is 0.389 e. The van der Waals surface area contributed by atoms with E-state index in [0.717, 1.165) is 5.56 Å². The fourth-order valence-electron chi connectivity index (χ4n) is 1.60. The molecule has 1 unspecified atom stereocenters. The third kappa shape index (κ3) is 6.96. The predicted molar refractivity (Wildman–Crippen MR) is 79.5 cm³/mol. The normalized spacial score (nSPS) is 12.0. The SMILES string of the molecule is COCC(O)CNC(=O)NCCc1cc(Cl)cc(Cl)c1. The first-order valence-electron chi connectivity index (χ1n) is 6.15. The molecule has 0 heterocycles. The molecule has 0 bridgehead atoms. The third-order valence-corrected chi connectivity index (χ3v) is 2.92. The number of benzene rings is 1. The second kappa shape index (κ2) is 9.02. The van der Waals surface area contributed by atoms with E-state index in [-0.39, 0.29) is 19.2 Å². The van der Waals surface area contributed by atoms with E-state index in [2.05, 4.69) is 10.6 Å². The molecule has 0 fully saturated rings. The first kappa shape index (κ1) is 17.0. The zero-order valence-corrected chi connectivity index (χ0v) is 12.7. The van der Waals surface area contributed by atoms with Gasteiger partial charge in [-0.3, -0.25) is 0 Å². The maximum Gasteiger partial charge on any atom is 0.314 e. The van der Waals surface area contributed by atoms with Crippen LogP contribution in [-0.2, 0) is 11.2 Å². The third-order valence-electron chi connectivity index (χ3n) is 2.48. The molecule has 7 heteroatoms. The minimum Gasteiger partial charge on any atom is -0.389 e. The Labute approximate surface area is 128 Å². The van der Waals surface area contributed by atoms with Crippen molar-refractivity contribution in [2.45, 2.75) is 12.5 Å². The molecule has 0 spiro atoms. The molecule has 0 aliphatic carbocycles. The molecular weight excluding hydrogens is 303 g/mol. The molecule has 2 amide bonds. The van der Waals surface area contributed by atoms with Gasteiger partial charge in [0.1, 0.15) is 0 Å². The monoisotopic (exact) mass is 320 g/mol. The van der Waals surface area contributed by atoms with Gasteiger partial charge < -0.3 is 20.5 Å². The maximum atomic E-state index is 11.4. The highest BCUT2D eigenvalue weighted by Crippen LogP contribution is 2.19. The standard InChI is InChI=1S/C13H18Cl2N2O3/c1-20-8-12(18)7-17-13(19)16-3-2-9-4-10(14)6-11(15)5-9/h4-6,12,18H,2-3,7-8H2,1H3,(H2,16,17,19). The van der Waals surface area contributed by atoms with E-state index >= 15 is 0 Å². The first-order chi connectivity index (χ1) is 9.51. The van der Waals surface area contributed by atoms with Gasteiger partial charge in [0.15, 0.2) is 0 Å². The van der Waals surface area contributed by atoms with Crippen molar-refractivity contribution >= 4 is 29.2 Å². The minimum atomic E-state index is -0.711. The second-order valence-corrected chi connectivity index (χ2v) is 5.15. The number of hydrogen-bond donors (Lipinski definition) is 3. The van der Waals surface area contributed by atoms with Crippen molar-refractivity contribution in [2.75, 3.05) is 26.8 Å². The van der Waals surface area contributed by atoms with Gasteiger partial charge in [-0.1, -0.05) is 23.2 Å². The average Bonchev–Trinajstić information content (AvgIpc) is 2.35. The molecule has 1 rings (SSSR count). The van der Waals surface area contributed by atoms with E-state index in [9.17, 15) is 9.90 Å². The van der Waals surface area contributed by atoms with E-state index < -0.39 is 6.10 Å². The van der Waals surface area contributed by atoms with E-state index in [1.165, 1.54) is 7.11 Å². The van der Waals surface area contributed by atoms with Crippen molar-refractivity contribution in [3.05, 3.63) is 33.8 Å². The number of nitrogens with one attached hydrogen (secondary N) is 2.